The fourth-order valence-electron chi connectivity index (χ4n) is 4.00. The lowest BCUT2D eigenvalue weighted by molar-refractivity contribution is 0.147. The second kappa shape index (κ2) is 19.8. The number of aliphatic hydroxyl groups excluding tert-OH is 1. The predicted molar refractivity (Wildman–Crippen MR) is 125 cm³/mol. The Kier molecular flexibility index (Phi) is 19.7. The van der Waals surface area contributed by atoms with Gasteiger partial charge in [-0.25, -0.2) is 0 Å². The van der Waals surface area contributed by atoms with E-state index < -0.39 is 15.4 Å². The summed E-state index contributed by atoms with van der Waals surface area (Å²) in [5.41, 5.74) is 0. The Labute approximate surface area is 182 Å². The molecule has 0 bridgehead atoms. The van der Waals surface area contributed by atoms with Crippen molar-refractivity contribution in [3.8, 4) is 0 Å². The van der Waals surface area contributed by atoms with Gasteiger partial charge < -0.3 is 5.11 Å². The van der Waals surface area contributed by atoms with E-state index in [2.05, 4.69) is 13.8 Å². The lowest BCUT2D eigenvalue weighted by Gasteiger charge is -2.14. The molecule has 0 aliphatic heterocycles. The highest BCUT2D eigenvalue weighted by Gasteiger charge is 2.21. The number of unbranched alkanes of at least 4 members (excludes halogenated alkanes) is 13. The third kappa shape index (κ3) is 19.6. The van der Waals surface area contributed by atoms with E-state index in [1.54, 1.807) is 0 Å². The molecule has 0 aromatic rings. The molecule has 4 nitrogen and oxygen atoms in total. The van der Waals surface area contributed by atoms with Crippen LogP contribution in [0.15, 0.2) is 0 Å². The first kappa shape index (κ1) is 28.9. The highest BCUT2D eigenvalue weighted by Crippen LogP contribution is 2.19. The van der Waals surface area contributed by atoms with Crippen molar-refractivity contribution in [2.45, 2.75) is 154 Å². The van der Waals surface area contributed by atoms with Crippen molar-refractivity contribution in [2.75, 3.05) is 0 Å². The molecule has 2 unspecified atom stereocenters. The Hall–Kier alpha value is -0.130. The summed E-state index contributed by atoms with van der Waals surface area (Å²) in [5, 5.41) is 9.34. The van der Waals surface area contributed by atoms with Crippen LogP contribution in [0.5, 0.6) is 0 Å². The summed E-state index contributed by atoms with van der Waals surface area (Å²) < 4.78 is 32.8. The van der Waals surface area contributed by atoms with Crippen molar-refractivity contribution in [3.05, 3.63) is 0 Å². The van der Waals surface area contributed by atoms with Crippen molar-refractivity contribution in [2.24, 2.45) is 0 Å². The predicted octanol–water partition coefficient (Wildman–Crippen LogP) is 7.45. The minimum atomic E-state index is -3.91. The van der Waals surface area contributed by atoms with E-state index in [9.17, 15) is 18.1 Å². The summed E-state index contributed by atoms with van der Waals surface area (Å²) in [6, 6.07) is 0. The zero-order valence-electron chi connectivity index (χ0n) is 19.4. The summed E-state index contributed by atoms with van der Waals surface area (Å²) in [4.78, 5) is 0. The highest BCUT2D eigenvalue weighted by molar-refractivity contribution is 7.86. The summed E-state index contributed by atoms with van der Waals surface area (Å²) >= 11 is 0. The van der Waals surface area contributed by atoms with Gasteiger partial charge in [0, 0.05) is 0 Å². The van der Waals surface area contributed by atoms with Gasteiger partial charge in [0.2, 0.25) is 0 Å². The molecular formula is C24H50O4S. The van der Waals surface area contributed by atoms with E-state index in [0.29, 0.717) is 12.8 Å². The van der Waals surface area contributed by atoms with E-state index in [-0.39, 0.29) is 6.10 Å². The zero-order valence-corrected chi connectivity index (χ0v) is 20.2. The van der Waals surface area contributed by atoms with Gasteiger partial charge in [-0.05, 0) is 25.7 Å². The van der Waals surface area contributed by atoms with Gasteiger partial charge >= 0.3 is 0 Å². The monoisotopic (exact) mass is 434 g/mol. The minimum absolute atomic E-state index is 0.135. The van der Waals surface area contributed by atoms with Crippen LogP contribution in [0.3, 0.4) is 0 Å². The van der Waals surface area contributed by atoms with Gasteiger partial charge in [0.15, 0.2) is 0 Å². The quantitative estimate of drug-likeness (QED) is 0.137. The molecular weight excluding hydrogens is 384 g/mol. The molecule has 0 spiro atoms. The SMILES string of the molecule is CCCCCCCCCC(CCCCCCCCC(O)CCCCC)S(=O)(=O)O. The van der Waals surface area contributed by atoms with E-state index in [4.69, 9.17) is 0 Å². The molecule has 0 radical (unpaired) electrons. The normalized spacial score (nSPS) is 14.2. The number of hydrogen-bond donors (Lipinski definition) is 2. The molecule has 0 heterocycles. The first-order valence-electron chi connectivity index (χ1n) is 12.6. The Morgan fingerprint density at radius 2 is 0.862 bits per heavy atom. The van der Waals surface area contributed by atoms with E-state index in [1.807, 2.05) is 0 Å². The number of aliphatic hydroxyl groups is 1. The Morgan fingerprint density at radius 3 is 1.28 bits per heavy atom. The maximum atomic E-state index is 11.6. The second-order valence-corrected chi connectivity index (χ2v) is 10.6. The van der Waals surface area contributed by atoms with Gasteiger partial charge in [0.1, 0.15) is 0 Å². The first-order valence-corrected chi connectivity index (χ1v) is 14.1. The van der Waals surface area contributed by atoms with Crippen LogP contribution in [-0.4, -0.2) is 29.4 Å². The van der Waals surface area contributed by atoms with Gasteiger partial charge in [-0.3, -0.25) is 4.55 Å². The van der Waals surface area contributed by atoms with Crippen LogP contribution in [0, 0.1) is 0 Å². The van der Waals surface area contributed by atoms with Crippen molar-refractivity contribution in [1.82, 2.24) is 0 Å². The van der Waals surface area contributed by atoms with E-state index >= 15 is 0 Å². The summed E-state index contributed by atoms with van der Waals surface area (Å²) in [7, 11) is -3.91. The fraction of sp³-hybridized carbons (Fsp3) is 1.00. The molecule has 0 saturated heterocycles. The van der Waals surface area contributed by atoms with Crippen LogP contribution in [-0.2, 0) is 10.1 Å². The molecule has 5 heteroatoms. The molecule has 0 fully saturated rings. The molecule has 0 aliphatic carbocycles. The highest BCUT2D eigenvalue weighted by atomic mass is 32.2. The third-order valence-corrected chi connectivity index (χ3v) is 7.32. The Bertz CT molecular complexity index is 436. The van der Waals surface area contributed by atoms with Crippen molar-refractivity contribution in [1.29, 1.82) is 0 Å². The van der Waals surface area contributed by atoms with Gasteiger partial charge in [0.25, 0.3) is 10.1 Å². The summed E-state index contributed by atoms with van der Waals surface area (Å²) in [6.07, 6.45) is 21.0. The smallest absolute Gasteiger partial charge is 0.267 e. The van der Waals surface area contributed by atoms with Gasteiger partial charge in [-0.2, -0.15) is 8.42 Å². The summed E-state index contributed by atoms with van der Waals surface area (Å²) in [5.74, 6) is 0. The van der Waals surface area contributed by atoms with Gasteiger partial charge in [-0.15, -0.1) is 0 Å². The van der Waals surface area contributed by atoms with Crippen molar-refractivity contribution >= 4 is 10.1 Å². The fourth-order valence-corrected chi connectivity index (χ4v) is 4.93. The molecule has 29 heavy (non-hydrogen) atoms. The Morgan fingerprint density at radius 1 is 0.552 bits per heavy atom. The average molecular weight is 435 g/mol. The van der Waals surface area contributed by atoms with Gasteiger partial charge in [-0.1, -0.05) is 117 Å². The van der Waals surface area contributed by atoms with Crippen molar-refractivity contribution in [3.63, 3.8) is 0 Å². The van der Waals surface area contributed by atoms with Gasteiger partial charge in [0.05, 0.1) is 11.4 Å². The lowest BCUT2D eigenvalue weighted by Crippen LogP contribution is -2.20. The maximum Gasteiger partial charge on any atom is 0.267 e. The molecule has 0 saturated carbocycles. The maximum absolute atomic E-state index is 11.6. The van der Waals surface area contributed by atoms with Crippen LogP contribution < -0.4 is 0 Å². The van der Waals surface area contributed by atoms with E-state index in [0.717, 1.165) is 70.6 Å². The zero-order chi connectivity index (χ0) is 21.8. The second-order valence-electron chi connectivity index (χ2n) is 8.90. The topological polar surface area (TPSA) is 74.6 Å². The van der Waals surface area contributed by atoms with Crippen LogP contribution >= 0.6 is 0 Å². The number of rotatable bonds is 22. The Balaban J connectivity index is 3.69. The molecule has 0 aliphatic rings. The van der Waals surface area contributed by atoms with Crippen LogP contribution in [0.4, 0.5) is 0 Å². The molecule has 176 valence electrons. The molecule has 0 aromatic heterocycles. The van der Waals surface area contributed by atoms with Crippen LogP contribution in [0.1, 0.15) is 142 Å². The van der Waals surface area contributed by atoms with Crippen LogP contribution in [0.25, 0.3) is 0 Å². The number of hydrogen-bond acceptors (Lipinski definition) is 3. The standard InChI is InChI=1S/C24H50O4S/c1-3-5-7-8-9-13-17-21-24(29(26,27)28)22-18-14-11-10-12-16-20-23(25)19-15-6-4-2/h23-25H,3-22H2,1-2H3,(H,26,27,28). The average Bonchev–Trinajstić information content (AvgIpc) is 2.66. The lowest BCUT2D eigenvalue weighted by atomic mass is 10.0. The molecule has 0 aromatic carbocycles. The molecule has 0 rings (SSSR count). The molecule has 2 N–H and O–H groups in total. The third-order valence-electron chi connectivity index (χ3n) is 6.01. The van der Waals surface area contributed by atoms with Crippen molar-refractivity contribution < 1.29 is 18.1 Å². The molecule has 2 atom stereocenters. The minimum Gasteiger partial charge on any atom is -0.393 e. The molecule has 0 amide bonds. The first-order chi connectivity index (χ1) is 13.9. The van der Waals surface area contributed by atoms with E-state index in [1.165, 1.54) is 44.9 Å². The largest absolute Gasteiger partial charge is 0.393 e. The summed E-state index contributed by atoms with van der Waals surface area (Å²) in [6.45, 7) is 4.39. The van der Waals surface area contributed by atoms with Crippen LogP contribution in [0.2, 0.25) is 0 Å².